The predicted molar refractivity (Wildman–Crippen MR) is 50.1 cm³/mol. The van der Waals surface area contributed by atoms with Crippen molar-refractivity contribution in [1.82, 2.24) is 5.32 Å². The molecule has 0 unspecified atom stereocenters. The second-order valence-corrected chi connectivity index (χ2v) is 2.65. The van der Waals surface area contributed by atoms with E-state index in [0.717, 1.165) is 25.8 Å². The van der Waals surface area contributed by atoms with Crippen LogP contribution in [0.25, 0.3) is 0 Å². The zero-order valence-corrected chi connectivity index (χ0v) is 7.97. The standard InChI is InChI=1S/C9H19NO2/c1-3-4-6-10-7-5-9(8-11)12-2/h8,10-11H,3-7H2,1-2H3/b9-8-. The zero-order valence-electron chi connectivity index (χ0n) is 7.97. The van der Waals surface area contributed by atoms with Crippen LogP contribution >= 0.6 is 0 Å². The maximum Gasteiger partial charge on any atom is 0.131 e. The fraction of sp³-hybridized carbons (Fsp3) is 0.778. The van der Waals surface area contributed by atoms with E-state index in [2.05, 4.69) is 12.2 Å². The lowest BCUT2D eigenvalue weighted by Crippen LogP contribution is -2.17. The molecule has 0 atom stereocenters. The van der Waals surface area contributed by atoms with Gasteiger partial charge in [-0.2, -0.15) is 0 Å². The Morgan fingerprint density at radius 2 is 2.25 bits per heavy atom. The summed E-state index contributed by atoms with van der Waals surface area (Å²) in [6.45, 7) is 4.06. The molecular formula is C9H19NO2. The van der Waals surface area contributed by atoms with E-state index >= 15 is 0 Å². The van der Waals surface area contributed by atoms with Gasteiger partial charge in [-0.05, 0) is 13.0 Å². The molecule has 0 spiro atoms. The maximum atomic E-state index is 8.61. The Labute approximate surface area is 74.4 Å². The smallest absolute Gasteiger partial charge is 0.131 e. The number of ether oxygens (including phenoxy) is 1. The number of hydrogen-bond donors (Lipinski definition) is 2. The minimum atomic E-state index is 0.624. The molecular weight excluding hydrogens is 154 g/mol. The zero-order chi connectivity index (χ0) is 9.23. The van der Waals surface area contributed by atoms with Crippen LogP contribution in [0.3, 0.4) is 0 Å². The Kier molecular flexibility index (Phi) is 7.91. The van der Waals surface area contributed by atoms with Crippen molar-refractivity contribution in [2.24, 2.45) is 0 Å². The lowest BCUT2D eigenvalue weighted by atomic mass is 10.3. The summed E-state index contributed by atoms with van der Waals surface area (Å²) >= 11 is 0. The summed E-state index contributed by atoms with van der Waals surface area (Å²) in [4.78, 5) is 0. The summed E-state index contributed by atoms with van der Waals surface area (Å²) in [5, 5.41) is 11.9. The molecule has 0 aliphatic carbocycles. The molecule has 3 nitrogen and oxygen atoms in total. The molecule has 0 heterocycles. The molecule has 0 amide bonds. The van der Waals surface area contributed by atoms with Crippen LogP contribution in [0.2, 0.25) is 0 Å². The summed E-state index contributed by atoms with van der Waals surface area (Å²) in [7, 11) is 1.56. The highest BCUT2D eigenvalue weighted by molar-refractivity contribution is 4.86. The highest BCUT2D eigenvalue weighted by Gasteiger charge is 1.94. The van der Waals surface area contributed by atoms with Crippen LogP contribution in [-0.4, -0.2) is 25.3 Å². The van der Waals surface area contributed by atoms with Gasteiger partial charge in [-0.3, -0.25) is 0 Å². The number of nitrogens with one attached hydrogen (secondary N) is 1. The Bertz CT molecular complexity index is 124. The Balaban J connectivity index is 3.18. The van der Waals surface area contributed by atoms with Crippen LogP contribution in [0.4, 0.5) is 0 Å². The number of methoxy groups -OCH3 is 1. The molecule has 3 heteroatoms. The van der Waals surface area contributed by atoms with Gasteiger partial charge in [0.15, 0.2) is 0 Å². The first kappa shape index (κ1) is 11.3. The van der Waals surface area contributed by atoms with Crippen molar-refractivity contribution in [3.05, 3.63) is 12.0 Å². The Hall–Kier alpha value is -0.700. The number of aliphatic hydroxyl groups is 1. The van der Waals surface area contributed by atoms with E-state index in [0.29, 0.717) is 5.76 Å². The van der Waals surface area contributed by atoms with Gasteiger partial charge in [-0.25, -0.2) is 0 Å². The quantitative estimate of drug-likeness (QED) is 0.455. The SMILES string of the molecule is CCCCNCC/C(=C/O)OC. The molecule has 0 aliphatic heterocycles. The molecule has 0 aromatic heterocycles. The number of unbranched alkanes of at least 4 members (excludes halogenated alkanes) is 1. The van der Waals surface area contributed by atoms with Crippen LogP contribution in [0, 0.1) is 0 Å². The van der Waals surface area contributed by atoms with Gasteiger partial charge in [0, 0.05) is 13.0 Å². The summed E-state index contributed by atoms with van der Waals surface area (Å²) in [5.41, 5.74) is 0. The molecule has 0 saturated carbocycles. The van der Waals surface area contributed by atoms with Crippen LogP contribution in [0.1, 0.15) is 26.2 Å². The number of rotatable bonds is 7. The summed E-state index contributed by atoms with van der Waals surface area (Å²) in [5.74, 6) is 0.624. The van der Waals surface area contributed by atoms with Gasteiger partial charge in [0.25, 0.3) is 0 Å². The summed E-state index contributed by atoms with van der Waals surface area (Å²) in [6, 6.07) is 0. The normalized spacial score (nSPS) is 11.7. The first-order valence-electron chi connectivity index (χ1n) is 4.43. The fourth-order valence-corrected chi connectivity index (χ4v) is 0.858. The molecule has 0 radical (unpaired) electrons. The first-order chi connectivity index (χ1) is 5.85. The summed E-state index contributed by atoms with van der Waals surface area (Å²) < 4.78 is 4.88. The van der Waals surface area contributed by atoms with Crippen molar-refractivity contribution in [2.75, 3.05) is 20.2 Å². The Morgan fingerprint density at radius 1 is 1.50 bits per heavy atom. The second-order valence-electron chi connectivity index (χ2n) is 2.65. The molecule has 2 N–H and O–H groups in total. The third-order valence-electron chi connectivity index (χ3n) is 1.66. The molecule has 0 rings (SSSR count). The highest BCUT2D eigenvalue weighted by Crippen LogP contribution is 1.98. The van der Waals surface area contributed by atoms with Crippen molar-refractivity contribution in [2.45, 2.75) is 26.2 Å². The van der Waals surface area contributed by atoms with E-state index < -0.39 is 0 Å². The molecule has 0 saturated heterocycles. The highest BCUT2D eigenvalue weighted by atomic mass is 16.5. The van der Waals surface area contributed by atoms with Crippen molar-refractivity contribution in [3.8, 4) is 0 Å². The first-order valence-corrected chi connectivity index (χ1v) is 4.43. The minimum absolute atomic E-state index is 0.624. The van der Waals surface area contributed by atoms with E-state index in [1.54, 1.807) is 7.11 Å². The van der Waals surface area contributed by atoms with Gasteiger partial charge < -0.3 is 15.2 Å². The number of aliphatic hydroxyl groups excluding tert-OH is 1. The van der Waals surface area contributed by atoms with E-state index in [9.17, 15) is 0 Å². The topological polar surface area (TPSA) is 41.5 Å². The van der Waals surface area contributed by atoms with Crippen molar-refractivity contribution in [1.29, 1.82) is 0 Å². The van der Waals surface area contributed by atoms with Crippen molar-refractivity contribution < 1.29 is 9.84 Å². The molecule has 0 aromatic rings. The predicted octanol–water partition coefficient (Wildman–Crippen LogP) is 1.81. The second kappa shape index (κ2) is 8.40. The third-order valence-corrected chi connectivity index (χ3v) is 1.66. The monoisotopic (exact) mass is 173 g/mol. The average molecular weight is 173 g/mol. The lowest BCUT2D eigenvalue weighted by Gasteiger charge is -2.05. The van der Waals surface area contributed by atoms with E-state index in [1.807, 2.05) is 0 Å². The fourth-order valence-electron chi connectivity index (χ4n) is 0.858. The van der Waals surface area contributed by atoms with Crippen LogP contribution < -0.4 is 5.32 Å². The molecule has 0 aliphatic rings. The van der Waals surface area contributed by atoms with Crippen LogP contribution in [0.15, 0.2) is 12.0 Å². The van der Waals surface area contributed by atoms with Gasteiger partial charge in [-0.15, -0.1) is 0 Å². The van der Waals surface area contributed by atoms with Gasteiger partial charge in [0.1, 0.15) is 12.0 Å². The Morgan fingerprint density at radius 3 is 2.75 bits per heavy atom. The minimum Gasteiger partial charge on any atom is -0.512 e. The third kappa shape index (κ3) is 6.04. The van der Waals surface area contributed by atoms with Crippen molar-refractivity contribution in [3.63, 3.8) is 0 Å². The largest absolute Gasteiger partial charge is 0.512 e. The lowest BCUT2D eigenvalue weighted by molar-refractivity contribution is 0.256. The summed E-state index contributed by atoms with van der Waals surface area (Å²) in [6.07, 6.45) is 4.17. The van der Waals surface area contributed by atoms with E-state index in [1.165, 1.54) is 12.8 Å². The van der Waals surface area contributed by atoms with Gasteiger partial charge in [-0.1, -0.05) is 13.3 Å². The molecule has 72 valence electrons. The van der Waals surface area contributed by atoms with Gasteiger partial charge in [0.05, 0.1) is 7.11 Å². The van der Waals surface area contributed by atoms with Crippen LogP contribution in [0.5, 0.6) is 0 Å². The number of hydrogen-bond acceptors (Lipinski definition) is 3. The molecule has 0 bridgehead atoms. The molecule has 0 fully saturated rings. The molecule has 0 aromatic carbocycles. The van der Waals surface area contributed by atoms with Gasteiger partial charge >= 0.3 is 0 Å². The van der Waals surface area contributed by atoms with Crippen LogP contribution in [-0.2, 0) is 4.74 Å². The van der Waals surface area contributed by atoms with E-state index in [4.69, 9.17) is 9.84 Å². The maximum absolute atomic E-state index is 8.61. The molecule has 12 heavy (non-hydrogen) atoms. The van der Waals surface area contributed by atoms with Crippen molar-refractivity contribution >= 4 is 0 Å². The van der Waals surface area contributed by atoms with E-state index in [-0.39, 0.29) is 0 Å². The van der Waals surface area contributed by atoms with Gasteiger partial charge in [0.2, 0.25) is 0 Å². The average Bonchev–Trinajstić information content (AvgIpc) is 2.11.